The molecule has 2 amide bonds. The first-order chi connectivity index (χ1) is 11.6. The lowest BCUT2D eigenvalue weighted by Gasteiger charge is -2.36. The average molecular weight is 347 g/mol. The van der Waals surface area contributed by atoms with E-state index in [-0.39, 0.29) is 17.9 Å². The van der Waals surface area contributed by atoms with Gasteiger partial charge in [-0.25, -0.2) is 0 Å². The first-order valence-electron chi connectivity index (χ1n) is 8.56. The molecular weight excluding hydrogens is 322 g/mol. The molecule has 1 unspecified atom stereocenters. The number of thioether (sulfide) groups is 1. The molecule has 24 heavy (non-hydrogen) atoms. The summed E-state index contributed by atoms with van der Waals surface area (Å²) in [6.07, 6.45) is 0. The van der Waals surface area contributed by atoms with E-state index in [2.05, 4.69) is 11.8 Å². The molecule has 0 radical (unpaired) electrons. The van der Waals surface area contributed by atoms with Crippen molar-refractivity contribution >= 4 is 23.6 Å². The molecule has 2 saturated heterocycles. The van der Waals surface area contributed by atoms with Gasteiger partial charge >= 0.3 is 0 Å². The van der Waals surface area contributed by atoms with Crippen LogP contribution in [0.4, 0.5) is 0 Å². The summed E-state index contributed by atoms with van der Waals surface area (Å²) in [5.74, 6) is 1.37. The summed E-state index contributed by atoms with van der Waals surface area (Å²) >= 11 is 1.66. The second-order valence-electron chi connectivity index (χ2n) is 6.42. The molecule has 130 valence electrons. The number of rotatable bonds is 3. The number of hydrogen-bond donors (Lipinski definition) is 0. The van der Waals surface area contributed by atoms with Crippen molar-refractivity contribution in [2.24, 2.45) is 0 Å². The lowest BCUT2D eigenvalue weighted by atomic mass is 10.1. The van der Waals surface area contributed by atoms with Gasteiger partial charge in [-0.1, -0.05) is 24.6 Å². The van der Waals surface area contributed by atoms with Gasteiger partial charge in [0.05, 0.1) is 5.88 Å². The molecule has 1 aromatic rings. The van der Waals surface area contributed by atoms with Gasteiger partial charge in [-0.15, -0.1) is 11.8 Å². The van der Waals surface area contributed by atoms with Crippen molar-refractivity contribution in [2.75, 3.05) is 44.4 Å². The smallest absolute Gasteiger partial charge is 0.255 e. The third-order valence-electron chi connectivity index (χ3n) is 4.82. The van der Waals surface area contributed by atoms with Gasteiger partial charge in [-0.05, 0) is 25.6 Å². The van der Waals surface area contributed by atoms with E-state index in [4.69, 9.17) is 0 Å². The summed E-state index contributed by atoms with van der Waals surface area (Å²) in [5, 5.41) is 0. The van der Waals surface area contributed by atoms with Crippen molar-refractivity contribution in [1.29, 1.82) is 0 Å². The van der Waals surface area contributed by atoms with Crippen LogP contribution >= 0.6 is 11.8 Å². The van der Waals surface area contributed by atoms with Crippen molar-refractivity contribution in [3.63, 3.8) is 0 Å². The SMILES string of the molecule is CCN1CCN(C(=O)C2CSCN2C(=O)c2cccc(C)c2)CC1. The molecule has 5 nitrogen and oxygen atoms in total. The van der Waals surface area contributed by atoms with E-state index in [1.165, 1.54) is 0 Å². The fraction of sp³-hybridized carbons (Fsp3) is 0.556. The zero-order valence-corrected chi connectivity index (χ0v) is 15.2. The number of nitrogens with zero attached hydrogens (tertiary/aromatic N) is 3. The fourth-order valence-electron chi connectivity index (χ4n) is 3.29. The Bertz CT molecular complexity index is 614. The predicted molar refractivity (Wildman–Crippen MR) is 97.2 cm³/mol. The highest BCUT2D eigenvalue weighted by Gasteiger charge is 2.38. The van der Waals surface area contributed by atoms with E-state index in [1.807, 2.05) is 36.1 Å². The minimum Gasteiger partial charge on any atom is -0.338 e. The first-order valence-corrected chi connectivity index (χ1v) is 9.72. The van der Waals surface area contributed by atoms with E-state index in [1.54, 1.807) is 16.7 Å². The maximum absolute atomic E-state index is 12.9. The van der Waals surface area contributed by atoms with E-state index < -0.39 is 0 Å². The van der Waals surface area contributed by atoms with Gasteiger partial charge in [-0.3, -0.25) is 9.59 Å². The van der Waals surface area contributed by atoms with Gasteiger partial charge in [0.1, 0.15) is 6.04 Å². The Kier molecular flexibility index (Phi) is 5.46. The lowest BCUT2D eigenvalue weighted by molar-refractivity contribution is -0.136. The molecule has 0 N–H and O–H groups in total. The fourth-order valence-corrected chi connectivity index (χ4v) is 4.43. The molecule has 3 rings (SSSR count). The van der Waals surface area contributed by atoms with Crippen molar-refractivity contribution < 1.29 is 9.59 Å². The number of carbonyl (C=O) groups excluding carboxylic acids is 2. The van der Waals surface area contributed by atoms with E-state index in [0.29, 0.717) is 17.2 Å². The average Bonchev–Trinajstić information content (AvgIpc) is 3.10. The van der Waals surface area contributed by atoms with Crippen LogP contribution in [0.5, 0.6) is 0 Å². The Morgan fingerprint density at radius 2 is 1.96 bits per heavy atom. The van der Waals surface area contributed by atoms with Gasteiger partial charge in [0.15, 0.2) is 0 Å². The molecule has 0 bridgehead atoms. The predicted octanol–water partition coefficient (Wildman–Crippen LogP) is 1.67. The van der Waals surface area contributed by atoms with Gasteiger partial charge < -0.3 is 14.7 Å². The number of benzene rings is 1. The van der Waals surface area contributed by atoms with Crippen LogP contribution in [-0.2, 0) is 4.79 Å². The molecule has 6 heteroatoms. The number of carbonyl (C=O) groups is 2. The van der Waals surface area contributed by atoms with Crippen molar-refractivity contribution in [3.8, 4) is 0 Å². The molecule has 1 aromatic carbocycles. The molecule has 2 aliphatic rings. The summed E-state index contributed by atoms with van der Waals surface area (Å²) in [7, 11) is 0. The molecule has 0 saturated carbocycles. The molecule has 0 spiro atoms. The topological polar surface area (TPSA) is 43.9 Å². The minimum atomic E-state index is -0.323. The van der Waals surface area contributed by atoms with Crippen LogP contribution in [0.1, 0.15) is 22.8 Å². The van der Waals surface area contributed by atoms with Gasteiger partial charge in [0.2, 0.25) is 5.91 Å². The van der Waals surface area contributed by atoms with E-state index in [9.17, 15) is 9.59 Å². The largest absolute Gasteiger partial charge is 0.338 e. The Morgan fingerprint density at radius 1 is 1.21 bits per heavy atom. The molecule has 2 fully saturated rings. The van der Waals surface area contributed by atoms with Crippen LogP contribution in [0.15, 0.2) is 24.3 Å². The molecule has 0 aromatic heterocycles. The van der Waals surface area contributed by atoms with Gasteiger partial charge in [-0.2, -0.15) is 0 Å². The summed E-state index contributed by atoms with van der Waals surface area (Å²) in [5.41, 5.74) is 1.73. The Labute approximate surface area is 148 Å². The molecular formula is C18H25N3O2S. The van der Waals surface area contributed by atoms with Crippen molar-refractivity contribution in [3.05, 3.63) is 35.4 Å². The van der Waals surface area contributed by atoms with Gasteiger partial charge in [0, 0.05) is 37.5 Å². The highest BCUT2D eigenvalue weighted by Crippen LogP contribution is 2.25. The lowest BCUT2D eigenvalue weighted by Crippen LogP contribution is -2.55. The van der Waals surface area contributed by atoms with Crippen LogP contribution in [0.25, 0.3) is 0 Å². The molecule has 2 aliphatic heterocycles. The maximum Gasteiger partial charge on any atom is 0.255 e. The summed E-state index contributed by atoms with van der Waals surface area (Å²) in [4.78, 5) is 31.8. The molecule has 2 heterocycles. The Balaban J connectivity index is 1.69. The van der Waals surface area contributed by atoms with Gasteiger partial charge in [0.25, 0.3) is 5.91 Å². The number of aryl methyl sites for hydroxylation is 1. The summed E-state index contributed by atoms with van der Waals surface area (Å²) in [6, 6.07) is 7.28. The van der Waals surface area contributed by atoms with Crippen LogP contribution in [-0.4, -0.2) is 76.9 Å². The quantitative estimate of drug-likeness (QED) is 0.834. The Hall–Kier alpha value is -1.53. The highest BCUT2D eigenvalue weighted by atomic mass is 32.2. The zero-order valence-electron chi connectivity index (χ0n) is 14.4. The normalized spacial score (nSPS) is 22.0. The first kappa shape index (κ1) is 17.3. The zero-order chi connectivity index (χ0) is 17.1. The molecule has 0 aliphatic carbocycles. The third kappa shape index (κ3) is 3.59. The second-order valence-corrected chi connectivity index (χ2v) is 7.42. The maximum atomic E-state index is 12.9. The number of amides is 2. The standard InChI is InChI=1S/C18H25N3O2S/c1-3-19-7-9-20(10-8-19)18(23)16-12-24-13-21(16)17(22)15-6-4-5-14(2)11-15/h4-6,11,16H,3,7-10,12-13H2,1-2H3. The van der Waals surface area contributed by atoms with Crippen LogP contribution in [0, 0.1) is 6.92 Å². The monoisotopic (exact) mass is 347 g/mol. The third-order valence-corrected chi connectivity index (χ3v) is 5.84. The van der Waals surface area contributed by atoms with Crippen LogP contribution < -0.4 is 0 Å². The van der Waals surface area contributed by atoms with Crippen molar-refractivity contribution in [2.45, 2.75) is 19.9 Å². The van der Waals surface area contributed by atoms with Crippen LogP contribution in [0.2, 0.25) is 0 Å². The number of likely N-dealkylation sites (N-methyl/N-ethyl adjacent to an activating group) is 1. The van der Waals surface area contributed by atoms with Crippen molar-refractivity contribution in [1.82, 2.24) is 14.7 Å². The summed E-state index contributed by atoms with van der Waals surface area (Å²) < 4.78 is 0. The molecule has 1 atom stereocenters. The second kappa shape index (κ2) is 7.57. The Morgan fingerprint density at radius 3 is 2.62 bits per heavy atom. The van der Waals surface area contributed by atoms with E-state index in [0.717, 1.165) is 38.3 Å². The van der Waals surface area contributed by atoms with Crippen LogP contribution in [0.3, 0.4) is 0 Å². The number of hydrogen-bond acceptors (Lipinski definition) is 4. The highest BCUT2D eigenvalue weighted by molar-refractivity contribution is 7.99. The number of piperazine rings is 1. The van der Waals surface area contributed by atoms with E-state index >= 15 is 0 Å². The summed E-state index contributed by atoms with van der Waals surface area (Å²) in [6.45, 7) is 8.53. The minimum absolute atomic E-state index is 0.0331.